The van der Waals surface area contributed by atoms with Crippen molar-refractivity contribution in [3.05, 3.63) is 0 Å². The van der Waals surface area contributed by atoms with Gasteiger partial charge in [-0.3, -0.25) is 4.79 Å². The van der Waals surface area contributed by atoms with Gasteiger partial charge in [-0.05, 0) is 11.6 Å². The normalized spacial score (nSPS) is 6.75. The number of aldehydes is 1. The van der Waals surface area contributed by atoms with E-state index in [0.717, 1.165) is 6.29 Å². The first-order valence-electron chi connectivity index (χ1n) is 3.56. The fourth-order valence-corrected chi connectivity index (χ4v) is 0. The van der Waals surface area contributed by atoms with E-state index in [1.165, 1.54) is 6.92 Å². The minimum atomic E-state index is -0.361. The fraction of sp³-hybridized carbons (Fsp3) is 0.714. The Kier molecular flexibility index (Phi) is 32.9. The molecule has 4 nitrogen and oxygen atoms in total. The van der Waals surface area contributed by atoms with Crippen molar-refractivity contribution in [2.24, 2.45) is 11.5 Å². The maximum Gasteiger partial charge on any atom is 0.218 e. The summed E-state index contributed by atoms with van der Waals surface area (Å²) in [5, 5.41) is -0.361. The van der Waals surface area contributed by atoms with Crippen molar-refractivity contribution in [2.75, 3.05) is 13.1 Å². The molecular weight excluding hydrogens is 180 g/mol. The molecule has 0 aromatic carbocycles. The van der Waals surface area contributed by atoms with Gasteiger partial charge in [-0.2, -0.15) is 0 Å². The summed E-state index contributed by atoms with van der Waals surface area (Å²) < 4.78 is 0. The third-order valence-corrected chi connectivity index (χ3v) is 0.333. The Morgan fingerprint density at radius 1 is 1.42 bits per heavy atom. The van der Waals surface area contributed by atoms with Crippen molar-refractivity contribution in [2.45, 2.75) is 20.3 Å². The average Bonchev–Trinajstić information content (AvgIpc) is 2.03. The Morgan fingerprint density at radius 2 is 1.58 bits per heavy atom. The Labute approximate surface area is 78.2 Å². The molecule has 0 spiro atoms. The maximum absolute atomic E-state index is 9.21. The van der Waals surface area contributed by atoms with Crippen LogP contribution < -0.4 is 11.5 Å². The van der Waals surface area contributed by atoms with Crippen molar-refractivity contribution >= 4 is 23.1 Å². The second-order valence-electron chi connectivity index (χ2n) is 1.62. The van der Waals surface area contributed by atoms with Crippen LogP contribution in [0.5, 0.6) is 0 Å². The third kappa shape index (κ3) is 291. The van der Waals surface area contributed by atoms with Crippen LogP contribution in [0.15, 0.2) is 0 Å². The average molecular weight is 197 g/mol. The molecule has 0 rings (SSSR count). The summed E-state index contributed by atoms with van der Waals surface area (Å²) in [6.07, 6.45) is 1.51. The molecular formula is C7H17ClN2O2. The first-order chi connectivity index (χ1) is 5.56. The van der Waals surface area contributed by atoms with E-state index >= 15 is 0 Å². The predicted molar refractivity (Wildman–Crippen MR) is 51.0 cm³/mol. The number of carbonyl (C=O) groups is 2. The van der Waals surface area contributed by atoms with Gasteiger partial charge < -0.3 is 16.3 Å². The second-order valence-corrected chi connectivity index (χ2v) is 2.15. The Balaban J connectivity index is -0.000000101. The van der Waals surface area contributed by atoms with Gasteiger partial charge in [0.25, 0.3) is 0 Å². The number of hydrogen-bond acceptors (Lipinski definition) is 4. The zero-order valence-electron chi connectivity index (χ0n) is 7.55. The van der Waals surface area contributed by atoms with Crippen LogP contribution in [0.25, 0.3) is 0 Å². The molecule has 12 heavy (non-hydrogen) atoms. The first-order valence-corrected chi connectivity index (χ1v) is 3.94. The second kappa shape index (κ2) is 22.4. The van der Waals surface area contributed by atoms with Gasteiger partial charge in [0, 0.05) is 26.4 Å². The van der Waals surface area contributed by atoms with Gasteiger partial charge in [0.2, 0.25) is 5.24 Å². The highest BCUT2D eigenvalue weighted by atomic mass is 35.5. The summed E-state index contributed by atoms with van der Waals surface area (Å²) in [6.45, 7) is 4.30. The van der Waals surface area contributed by atoms with E-state index in [1.54, 1.807) is 0 Å². The van der Waals surface area contributed by atoms with Gasteiger partial charge in [0.05, 0.1) is 0 Å². The van der Waals surface area contributed by atoms with Crippen LogP contribution >= 0.6 is 11.6 Å². The monoisotopic (exact) mass is 196 g/mol. The minimum absolute atomic E-state index is 0.361. The van der Waals surface area contributed by atoms with Crippen LogP contribution in [-0.4, -0.2) is 24.6 Å². The summed E-state index contributed by atoms with van der Waals surface area (Å²) in [7, 11) is 0. The van der Waals surface area contributed by atoms with Crippen LogP contribution in [0.3, 0.4) is 0 Å². The van der Waals surface area contributed by atoms with Crippen molar-refractivity contribution in [1.82, 2.24) is 0 Å². The lowest BCUT2D eigenvalue weighted by molar-refractivity contribution is -0.110. The molecule has 5 heteroatoms. The van der Waals surface area contributed by atoms with E-state index in [1.807, 2.05) is 6.92 Å². The highest BCUT2D eigenvalue weighted by Crippen LogP contribution is 1.67. The van der Waals surface area contributed by atoms with Gasteiger partial charge in [0.1, 0.15) is 6.29 Å². The first kappa shape index (κ1) is 17.6. The SMILES string of the molecule is CC(=O)Cl.CCC=O.NCCN. The van der Waals surface area contributed by atoms with E-state index in [-0.39, 0.29) is 5.24 Å². The lowest BCUT2D eigenvalue weighted by atomic mass is 10.6. The van der Waals surface area contributed by atoms with Crippen LogP contribution in [0.1, 0.15) is 20.3 Å². The summed E-state index contributed by atoms with van der Waals surface area (Å²) in [5.41, 5.74) is 9.81. The number of halogens is 1. The van der Waals surface area contributed by atoms with E-state index in [0.29, 0.717) is 19.5 Å². The summed E-state index contributed by atoms with van der Waals surface area (Å²) in [4.78, 5) is 18.4. The maximum atomic E-state index is 9.21. The third-order valence-electron chi connectivity index (χ3n) is 0.333. The molecule has 74 valence electrons. The summed E-state index contributed by atoms with van der Waals surface area (Å²) in [5.74, 6) is 0. The summed E-state index contributed by atoms with van der Waals surface area (Å²) >= 11 is 4.64. The Hall–Kier alpha value is -0.450. The van der Waals surface area contributed by atoms with Crippen LogP contribution in [-0.2, 0) is 9.59 Å². The summed E-state index contributed by atoms with van der Waals surface area (Å²) in [6, 6.07) is 0. The van der Waals surface area contributed by atoms with Gasteiger partial charge in [-0.15, -0.1) is 0 Å². The molecule has 0 bridgehead atoms. The number of nitrogens with two attached hydrogens (primary N) is 2. The largest absolute Gasteiger partial charge is 0.329 e. The van der Waals surface area contributed by atoms with Gasteiger partial charge >= 0.3 is 0 Å². The molecule has 0 radical (unpaired) electrons. The van der Waals surface area contributed by atoms with Gasteiger partial charge in [0.15, 0.2) is 0 Å². The highest BCUT2D eigenvalue weighted by molar-refractivity contribution is 6.62. The molecule has 0 aromatic heterocycles. The molecule has 0 amide bonds. The van der Waals surface area contributed by atoms with E-state index in [4.69, 9.17) is 11.5 Å². The van der Waals surface area contributed by atoms with Crippen LogP contribution in [0, 0.1) is 0 Å². The van der Waals surface area contributed by atoms with E-state index in [2.05, 4.69) is 11.6 Å². The van der Waals surface area contributed by atoms with Gasteiger partial charge in [-0.25, -0.2) is 0 Å². The van der Waals surface area contributed by atoms with E-state index < -0.39 is 0 Å². The molecule has 0 saturated carbocycles. The molecule has 0 unspecified atom stereocenters. The standard InChI is InChI=1S/C3H6O.C2H3ClO.C2H8N2/c1-2-3-4;1-2(3)4;3-1-2-4/h3H,2H2,1H3;1H3;1-4H2. The topological polar surface area (TPSA) is 86.2 Å². The Morgan fingerprint density at radius 3 is 1.58 bits per heavy atom. The number of hydrogen-bond donors (Lipinski definition) is 2. The van der Waals surface area contributed by atoms with Crippen molar-refractivity contribution in [1.29, 1.82) is 0 Å². The minimum Gasteiger partial charge on any atom is -0.329 e. The smallest absolute Gasteiger partial charge is 0.218 e. The Bertz CT molecular complexity index is 93.4. The fourth-order valence-electron chi connectivity index (χ4n) is 0. The molecule has 0 fully saturated rings. The molecule has 0 aliphatic rings. The lowest BCUT2D eigenvalue weighted by Gasteiger charge is -1.72. The molecule has 0 heterocycles. The molecule has 0 aromatic rings. The molecule has 0 atom stereocenters. The molecule has 0 aliphatic carbocycles. The lowest BCUT2D eigenvalue weighted by Crippen LogP contribution is -2.11. The van der Waals surface area contributed by atoms with Crippen LogP contribution in [0.4, 0.5) is 0 Å². The predicted octanol–water partition coefficient (Wildman–Crippen LogP) is 0.271. The van der Waals surface area contributed by atoms with Crippen LogP contribution in [0.2, 0.25) is 0 Å². The number of carbonyl (C=O) groups excluding carboxylic acids is 2. The van der Waals surface area contributed by atoms with Crippen molar-refractivity contribution in [3.8, 4) is 0 Å². The van der Waals surface area contributed by atoms with Crippen molar-refractivity contribution in [3.63, 3.8) is 0 Å². The van der Waals surface area contributed by atoms with E-state index in [9.17, 15) is 9.59 Å². The van der Waals surface area contributed by atoms with Crippen molar-refractivity contribution < 1.29 is 9.59 Å². The highest BCUT2D eigenvalue weighted by Gasteiger charge is 1.67. The zero-order chi connectivity index (χ0) is 10.4. The molecule has 4 N–H and O–H groups in total. The molecule has 0 saturated heterocycles. The zero-order valence-corrected chi connectivity index (χ0v) is 8.30. The number of rotatable bonds is 2. The van der Waals surface area contributed by atoms with Gasteiger partial charge in [-0.1, -0.05) is 6.92 Å². The quantitative estimate of drug-likeness (QED) is 0.491. The molecule has 0 aliphatic heterocycles.